The Hall–Kier alpha value is -1.95. The summed E-state index contributed by atoms with van der Waals surface area (Å²) in [5.41, 5.74) is 0.603. The van der Waals surface area contributed by atoms with Gasteiger partial charge in [-0.3, -0.25) is 14.7 Å². The molecule has 3 unspecified atom stereocenters. The minimum atomic E-state index is -0.668. The van der Waals surface area contributed by atoms with E-state index < -0.39 is 6.01 Å². The highest BCUT2D eigenvalue weighted by atomic mass is 19.1. The first-order chi connectivity index (χ1) is 9.69. The van der Waals surface area contributed by atoms with Gasteiger partial charge >= 0.3 is 0 Å². The van der Waals surface area contributed by atoms with Crippen molar-refractivity contribution in [3.8, 4) is 0 Å². The van der Waals surface area contributed by atoms with E-state index in [4.69, 9.17) is 4.42 Å². The Kier molecular flexibility index (Phi) is 2.53. The van der Waals surface area contributed by atoms with Crippen LogP contribution in [0, 0.1) is 11.9 Å². The van der Waals surface area contributed by atoms with Crippen molar-refractivity contribution in [3.05, 3.63) is 30.0 Å². The van der Waals surface area contributed by atoms with Gasteiger partial charge in [0.1, 0.15) is 11.3 Å². The Balaban J connectivity index is 1.54. The molecular formula is C14H14FN3O2. The zero-order valence-corrected chi connectivity index (χ0v) is 10.8. The van der Waals surface area contributed by atoms with Gasteiger partial charge in [0, 0.05) is 36.8 Å². The number of nitrogens with one attached hydrogen (secondary N) is 1. The van der Waals surface area contributed by atoms with E-state index in [-0.39, 0.29) is 17.8 Å². The number of carbonyl (C=O) groups is 1. The predicted octanol–water partition coefficient (Wildman–Crippen LogP) is 1.75. The van der Waals surface area contributed by atoms with Gasteiger partial charge < -0.3 is 9.73 Å². The van der Waals surface area contributed by atoms with Crippen molar-refractivity contribution in [2.24, 2.45) is 5.92 Å². The number of pyridine rings is 1. The second kappa shape index (κ2) is 4.28. The summed E-state index contributed by atoms with van der Waals surface area (Å²) in [5.74, 6) is 0.469. The number of piperidine rings is 1. The van der Waals surface area contributed by atoms with Crippen LogP contribution < -0.4 is 5.32 Å². The van der Waals surface area contributed by atoms with Crippen molar-refractivity contribution in [3.63, 3.8) is 0 Å². The van der Waals surface area contributed by atoms with Gasteiger partial charge in [-0.2, -0.15) is 4.39 Å². The molecule has 0 aromatic carbocycles. The van der Waals surface area contributed by atoms with Crippen LogP contribution in [-0.2, 0) is 0 Å². The molecule has 2 aliphatic heterocycles. The summed E-state index contributed by atoms with van der Waals surface area (Å²) >= 11 is 0. The Bertz CT molecular complexity index is 684. The quantitative estimate of drug-likeness (QED) is 0.907. The average molecular weight is 275 g/mol. The fourth-order valence-corrected chi connectivity index (χ4v) is 3.20. The molecule has 2 aromatic rings. The third-order valence-electron chi connectivity index (χ3n) is 4.22. The SMILES string of the molecule is O=C(NC1CC2CCN1C2)c1cc2oc(F)cc2cn1. The fraction of sp³-hybridized carbons (Fsp3) is 0.429. The molecule has 0 aliphatic carbocycles. The number of amides is 1. The lowest BCUT2D eigenvalue weighted by atomic mass is 10.0. The molecule has 4 heterocycles. The number of halogens is 1. The number of fused-ring (bicyclic) bond motifs is 3. The molecule has 2 aromatic heterocycles. The maximum Gasteiger partial charge on any atom is 0.278 e. The number of hydrogen-bond acceptors (Lipinski definition) is 4. The van der Waals surface area contributed by atoms with Crippen LogP contribution in [0.25, 0.3) is 11.0 Å². The molecule has 1 N–H and O–H groups in total. The van der Waals surface area contributed by atoms with Gasteiger partial charge in [0.2, 0.25) is 0 Å². The van der Waals surface area contributed by atoms with E-state index in [0.717, 1.165) is 19.5 Å². The normalized spacial score (nSPS) is 28.1. The topological polar surface area (TPSA) is 58.4 Å². The van der Waals surface area contributed by atoms with E-state index in [1.807, 2.05) is 0 Å². The summed E-state index contributed by atoms with van der Waals surface area (Å²) in [6.45, 7) is 2.12. The van der Waals surface area contributed by atoms with E-state index in [1.165, 1.54) is 24.8 Å². The summed E-state index contributed by atoms with van der Waals surface area (Å²) < 4.78 is 17.9. The van der Waals surface area contributed by atoms with Crippen molar-refractivity contribution in [2.75, 3.05) is 13.1 Å². The minimum absolute atomic E-state index is 0.104. The van der Waals surface area contributed by atoms with E-state index in [9.17, 15) is 9.18 Å². The molecule has 0 saturated carbocycles. The smallest absolute Gasteiger partial charge is 0.278 e. The highest BCUT2D eigenvalue weighted by Crippen LogP contribution is 2.31. The van der Waals surface area contributed by atoms with Crippen LogP contribution in [0.4, 0.5) is 4.39 Å². The second-order valence-corrected chi connectivity index (χ2v) is 5.53. The van der Waals surface area contributed by atoms with E-state index >= 15 is 0 Å². The lowest BCUT2D eigenvalue weighted by Crippen LogP contribution is -2.45. The van der Waals surface area contributed by atoms with Gasteiger partial charge in [-0.1, -0.05) is 0 Å². The first-order valence-corrected chi connectivity index (χ1v) is 6.79. The third kappa shape index (κ3) is 1.87. The maximum atomic E-state index is 13.0. The van der Waals surface area contributed by atoms with Crippen LogP contribution in [0.1, 0.15) is 23.3 Å². The van der Waals surface area contributed by atoms with Crippen LogP contribution >= 0.6 is 0 Å². The summed E-state index contributed by atoms with van der Waals surface area (Å²) in [6, 6.07) is 2.07. The van der Waals surface area contributed by atoms with Crippen molar-refractivity contribution >= 4 is 16.9 Å². The third-order valence-corrected chi connectivity index (χ3v) is 4.22. The molecule has 104 valence electrons. The average Bonchev–Trinajstić information content (AvgIpc) is 3.10. The zero-order valence-electron chi connectivity index (χ0n) is 10.8. The Morgan fingerprint density at radius 1 is 1.50 bits per heavy atom. The number of rotatable bonds is 2. The number of hydrogen-bond donors (Lipinski definition) is 1. The fourth-order valence-electron chi connectivity index (χ4n) is 3.20. The monoisotopic (exact) mass is 275 g/mol. The van der Waals surface area contributed by atoms with E-state index in [1.54, 1.807) is 0 Å². The van der Waals surface area contributed by atoms with Crippen LogP contribution in [0.15, 0.2) is 22.7 Å². The summed E-state index contributed by atoms with van der Waals surface area (Å²) in [7, 11) is 0. The second-order valence-electron chi connectivity index (χ2n) is 5.53. The standard InChI is InChI=1S/C14H14FN3O2/c15-12-4-9-6-16-10(5-11(9)20-12)14(19)17-13-3-8-1-2-18(13)7-8/h4-6,8,13H,1-3,7H2,(H,17,19). The van der Waals surface area contributed by atoms with Crippen molar-refractivity contribution in [1.82, 2.24) is 15.2 Å². The Labute approximate surface area is 114 Å². The summed E-state index contributed by atoms with van der Waals surface area (Å²) in [5, 5.41) is 3.55. The molecule has 0 spiro atoms. The van der Waals surface area contributed by atoms with Crippen molar-refractivity contribution in [2.45, 2.75) is 19.0 Å². The number of nitrogens with zero attached hydrogens (tertiary/aromatic N) is 2. The zero-order chi connectivity index (χ0) is 13.7. The highest BCUT2D eigenvalue weighted by molar-refractivity contribution is 5.95. The summed E-state index contributed by atoms with van der Waals surface area (Å²) in [6.07, 6.45) is 3.79. The van der Waals surface area contributed by atoms with Gasteiger partial charge in [0.15, 0.2) is 0 Å². The summed E-state index contributed by atoms with van der Waals surface area (Å²) in [4.78, 5) is 18.5. The predicted molar refractivity (Wildman–Crippen MR) is 69.5 cm³/mol. The molecule has 5 nitrogen and oxygen atoms in total. The molecule has 20 heavy (non-hydrogen) atoms. The first kappa shape index (κ1) is 11.8. The van der Waals surface area contributed by atoms with Gasteiger partial charge in [-0.15, -0.1) is 0 Å². The van der Waals surface area contributed by atoms with Gasteiger partial charge in [0.25, 0.3) is 11.9 Å². The first-order valence-electron chi connectivity index (χ1n) is 6.79. The van der Waals surface area contributed by atoms with Crippen LogP contribution in [0.2, 0.25) is 0 Å². The van der Waals surface area contributed by atoms with Crippen molar-refractivity contribution in [1.29, 1.82) is 0 Å². The van der Waals surface area contributed by atoms with Gasteiger partial charge in [-0.25, -0.2) is 0 Å². The van der Waals surface area contributed by atoms with Gasteiger partial charge in [0.05, 0.1) is 6.17 Å². The molecule has 0 radical (unpaired) electrons. The van der Waals surface area contributed by atoms with E-state index in [2.05, 4.69) is 15.2 Å². The molecule has 2 bridgehead atoms. The molecule has 2 saturated heterocycles. The molecule has 3 atom stereocenters. The maximum absolute atomic E-state index is 13.0. The molecule has 2 fully saturated rings. The van der Waals surface area contributed by atoms with Crippen LogP contribution in [0.5, 0.6) is 0 Å². The number of furan rings is 1. The minimum Gasteiger partial charge on any atom is -0.431 e. The highest BCUT2D eigenvalue weighted by Gasteiger charge is 2.38. The Morgan fingerprint density at radius 3 is 3.15 bits per heavy atom. The molecule has 6 heteroatoms. The Morgan fingerprint density at radius 2 is 2.40 bits per heavy atom. The molecule has 1 amide bonds. The lowest BCUT2D eigenvalue weighted by molar-refractivity contribution is 0.0877. The molecule has 2 aliphatic rings. The van der Waals surface area contributed by atoms with Crippen LogP contribution in [-0.4, -0.2) is 35.0 Å². The number of aromatic nitrogens is 1. The van der Waals surface area contributed by atoms with Crippen molar-refractivity contribution < 1.29 is 13.6 Å². The van der Waals surface area contributed by atoms with E-state index in [0.29, 0.717) is 16.9 Å². The molecule has 4 rings (SSSR count). The van der Waals surface area contributed by atoms with Crippen LogP contribution in [0.3, 0.4) is 0 Å². The lowest BCUT2D eigenvalue weighted by Gasteiger charge is -2.25. The van der Waals surface area contributed by atoms with Gasteiger partial charge in [-0.05, 0) is 18.8 Å². The molecular weight excluding hydrogens is 261 g/mol. The number of carbonyl (C=O) groups excluding carboxylic acids is 1. The largest absolute Gasteiger partial charge is 0.431 e.